The molecule has 0 bridgehead atoms. The Hall–Kier alpha value is -3.28. The highest BCUT2D eigenvalue weighted by Gasteiger charge is 2.53. The number of Topliss-reactive ketones (excluding diaryl/α,β-unsaturated/α-hetero) is 8. The molecule has 0 amide bonds. The summed E-state index contributed by atoms with van der Waals surface area (Å²) in [5.74, 6) is 1.56. The summed E-state index contributed by atoms with van der Waals surface area (Å²) in [6, 6.07) is 0. The van der Waals surface area contributed by atoms with Gasteiger partial charge in [0.1, 0.15) is 48.8 Å². The van der Waals surface area contributed by atoms with Crippen molar-refractivity contribution in [2.75, 3.05) is 0 Å². The Morgan fingerprint density at radius 1 is 0.194 bits per heavy atom. The summed E-state index contributed by atoms with van der Waals surface area (Å²) in [6.45, 7) is 66.1. The molecule has 632 valence electrons. The Labute approximate surface area is 649 Å². The van der Waals surface area contributed by atoms with Gasteiger partial charge in [-0.15, -0.1) is 0 Å². The maximum absolute atomic E-state index is 11.4. The van der Waals surface area contributed by atoms with E-state index in [0.717, 1.165) is 0 Å². The predicted molar refractivity (Wildman–Crippen MR) is 413 cm³/mol. The van der Waals surface area contributed by atoms with Gasteiger partial charge in [-0.3, -0.25) is 38.4 Å². The molecule has 8 aliphatic heterocycles. The number of hydrogen-bond donors (Lipinski definition) is 8. The molecule has 8 aliphatic rings. The van der Waals surface area contributed by atoms with Gasteiger partial charge in [-0.1, -0.05) is 138 Å². The molecule has 0 aromatic rings. The molecule has 0 radical (unpaired) electrons. The first-order chi connectivity index (χ1) is 48.9. The first-order valence-corrected chi connectivity index (χ1v) is 39.6. The number of rotatable bonds is 8. The van der Waals surface area contributed by atoms with E-state index in [9.17, 15) is 79.2 Å². The summed E-state index contributed by atoms with van der Waals surface area (Å²) in [5.41, 5.74) is -1.18. The quantitative estimate of drug-likeness (QED) is 0.112. The average molecular weight is 1550 g/mol. The molecule has 8 heterocycles. The summed E-state index contributed by atoms with van der Waals surface area (Å²) >= 11 is 0. The number of hydrogen-bond acceptors (Lipinski definition) is 24. The van der Waals surface area contributed by atoms with Gasteiger partial charge >= 0.3 is 0 Å². The van der Waals surface area contributed by atoms with Crippen molar-refractivity contribution < 1.29 is 117 Å². The van der Waals surface area contributed by atoms with Crippen LogP contribution < -0.4 is 0 Å². The molecule has 8 saturated heterocycles. The van der Waals surface area contributed by atoms with Gasteiger partial charge in [-0.25, -0.2) is 0 Å². The summed E-state index contributed by atoms with van der Waals surface area (Å²) in [6.07, 6.45) is -8.66. The SMILES string of the molecule is CC(=O)C1OC(C)C(O)C(C)C1(C)C.CC(=O)C1OC(C)C(O)C(C)C1(C)C.CC(=O)C1OC(C)C(O)C(C)C1(C)C.CC(=O)C1OC(C)C(O)C(C)C1(C)C.CC(=O)C1OC(C)C(O)C(C)C1C.CC(=O)C1OC(C)C(O)C(C)C1C.CC(=O)C1OC(C)C(O)C(C)C1C.CC(=O)C1OC(C)C(O)C(C)C1C. The van der Waals surface area contributed by atoms with E-state index in [4.69, 9.17) is 37.9 Å². The second-order valence-electron chi connectivity index (χ2n) is 36.1. The zero-order valence-corrected chi connectivity index (χ0v) is 72.9. The van der Waals surface area contributed by atoms with Crippen LogP contribution in [-0.2, 0) is 76.3 Å². The maximum Gasteiger partial charge on any atom is 0.159 e. The van der Waals surface area contributed by atoms with Crippen LogP contribution in [0.2, 0.25) is 0 Å². The lowest BCUT2D eigenvalue weighted by molar-refractivity contribution is -0.197. The van der Waals surface area contributed by atoms with Crippen molar-refractivity contribution in [1.82, 2.24) is 0 Å². The third-order valence-corrected chi connectivity index (χ3v) is 26.6. The lowest BCUT2D eigenvalue weighted by Crippen LogP contribution is -2.56. The van der Waals surface area contributed by atoms with E-state index in [1.165, 1.54) is 27.7 Å². The van der Waals surface area contributed by atoms with Gasteiger partial charge in [0.2, 0.25) is 0 Å². The molecule has 36 unspecified atom stereocenters. The molecule has 8 rings (SSSR count). The summed E-state index contributed by atoms with van der Waals surface area (Å²) in [4.78, 5) is 90.4. The summed E-state index contributed by atoms with van der Waals surface area (Å²) in [7, 11) is 0. The van der Waals surface area contributed by atoms with Crippen molar-refractivity contribution in [1.29, 1.82) is 0 Å². The molecule has 24 heteroatoms. The first-order valence-electron chi connectivity index (χ1n) is 39.6. The highest BCUT2D eigenvalue weighted by atomic mass is 16.5. The molecule has 0 spiro atoms. The fraction of sp³-hybridized carbons (Fsp3) is 0.905. The zero-order valence-electron chi connectivity index (χ0n) is 72.9. The van der Waals surface area contributed by atoms with Crippen LogP contribution in [0.25, 0.3) is 0 Å². The van der Waals surface area contributed by atoms with Gasteiger partial charge in [0.05, 0.1) is 97.7 Å². The van der Waals surface area contributed by atoms with E-state index in [2.05, 4.69) is 0 Å². The molecular weight excluding hydrogens is 1390 g/mol. The molecule has 24 nitrogen and oxygen atoms in total. The van der Waals surface area contributed by atoms with Gasteiger partial charge in [-0.2, -0.15) is 0 Å². The fourth-order valence-corrected chi connectivity index (χ4v) is 16.4. The number of ketones is 8. The van der Waals surface area contributed by atoms with Crippen molar-refractivity contribution in [3.05, 3.63) is 0 Å². The summed E-state index contributed by atoms with van der Waals surface area (Å²) in [5, 5.41) is 78.1. The zero-order chi connectivity index (χ0) is 85.1. The molecule has 8 N–H and O–H groups in total. The van der Waals surface area contributed by atoms with Crippen molar-refractivity contribution in [2.24, 2.45) is 92.7 Å². The topological polar surface area (TPSA) is 372 Å². The molecule has 108 heavy (non-hydrogen) atoms. The Bertz CT molecular complexity index is 2500. The van der Waals surface area contributed by atoms with Gasteiger partial charge in [0.15, 0.2) is 46.3 Å². The number of aliphatic hydroxyl groups is 8. The molecule has 0 aromatic carbocycles. The van der Waals surface area contributed by atoms with Gasteiger partial charge in [0.25, 0.3) is 0 Å². The van der Waals surface area contributed by atoms with Crippen LogP contribution in [0.1, 0.15) is 249 Å². The Balaban J connectivity index is 0.000000617. The monoisotopic (exact) mass is 1550 g/mol. The van der Waals surface area contributed by atoms with Crippen LogP contribution in [0.3, 0.4) is 0 Å². The van der Waals surface area contributed by atoms with Crippen LogP contribution >= 0.6 is 0 Å². The van der Waals surface area contributed by atoms with E-state index in [0.29, 0.717) is 0 Å². The predicted octanol–water partition coefficient (Wildman–Crippen LogP) is 9.53. The minimum absolute atomic E-state index is 0.0422. The van der Waals surface area contributed by atoms with Crippen LogP contribution in [0.4, 0.5) is 0 Å². The van der Waals surface area contributed by atoms with Crippen molar-refractivity contribution >= 4 is 46.3 Å². The minimum Gasteiger partial charge on any atom is -0.390 e. The highest BCUT2D eigenvalue weighted by Crippen LogP contribution is 2.46. The Kier molecular flexibility index (Phi) is 40.3. The van der Waals surface area contributed by atoms with Gasteiger partial charge in [0, 0.05) is 21.7 Å². The Morgan fingerprint density at radius 2 is 0.315 bits per heavy atom. The number of aliphatic hydroxyl groups excluding tert-OH is 8. The minimum atomic E-state index is -0.486. The first kappa shape index (κ1) is 103. The second kappa shape index (κ2) is 42.4. The largest absolute Gasteiger partial charge is 0.390 e. The molecule has 8 fully saturated rings. The van der Waals surface area contributed by atoms with E-state index in [-0.39, 0.29) is 212 Å². The van der Waals surface area contributed by atoms with E-state index in [1.807, 2.05) is 194 Å². The van der Waals surface area contributed by atoms with Crippen LogP contribution in [0, 0.1) is 92.7 Å². The smallest absolute Gasteiger partial charge is 0.159 e. The lowest BCUT2D eigenvalue weighted by atomic mass is 9.68. The Morgan fingerprint density at radius 3 is 0.426 bits per heavy atom. The van der Waals surface area contributed by atoms with Crippen LogP contribution in [-0.4, -0.2) is 234 Å². The number of carbonyl (C=O) groups excluding carboxylic acids is 8. The van der Waals surface area contributed by atoms with Crippen molar-refractivity contribution in [3.63, 3.8) is 0 Å². The molecule has 0 aliphatic carbocycles. The molecular formula is C84H152O24. The number of carbonyl (C=O) groups is 8. The maximum atomic E-state index is 11.4. The average Bonchev–Trinajstić information content (AvgIpc) is 0.791. The molecule has 36 atom stereocenters. The van der Waals surface area contributed by atoms with Crippen molar-refractivity contribution in [3.8, 4) is 0 Å². The third-order valence-electron chi connectivity index (χ3n) is 26.6. The standard InChI is InChI=1S/4C11H20O3.4C10H18O3/c4*1-6-9(13)8(3)14-10(7(2)12)11(6,4)5;4*1-5-6(2)10(7(3)11)13-8(4)9(5)12/h4*6,8-10,13H,1-5H3;4*5-6,8-10,12H,1-4H3. The summed E-state index contributed by atoms with van der Waals surface area (Å²) < 4.78 is 44.0. The van der Waals surface area contributed by atoms with Gasteiger partial charge < -0.3 is 78.7 Å². The molecule has 0 saturated carbocycles. The molecule has 0 aromatic heterocycles. The van der Waals surface area contributed by atoms with E-state index < -0.39 is 73.2 Å². The van der Waals surface area contributed by atoms with Gasteiger partial charge in [-0.05, 0) is 182 Å². The number of ether oxygens (including phenoxy) is 8. The normalized spacial score (nSPS) is 44.0. The van der Waals surface area contributed by atoms with Crippen LogP contribution in [0.5, 0.6) is 0 Å². The van der Waals surface area contributed by atoms with Crippen LogP contribution in [0.15, 0.2) is 0 Å². The third kappa shape index (κ3) is 25.4. The van der Waals surface area contributed by atoms with E-state index >= 15 is 0 Å². The lowest BCUT2D eigenvalue weighted by Gasteiger charge is -2.47. The fourth-order valence-electron chi connectivity index (χ4n) is 16.4. The second-order valence-corrected chi connectivity index (χ2v) is 36.1. The van der Waals surface area contributed by atoms with E-state index in [1.54, 1.807) is 27.7 Å². The highest BCUT2D eigenvalue weighted by molar-refractivity contribution is 5.84. The van der Waals surface area contributed by atoms with Crippen molar-refractivity contribution in [2.45, 2.75) is 396 Å².